The van der Waals surface area contributed by atoms with Crippen LogP contribution in [0, 0.1) is 28.6 Å². The number of amides is 13. The first kappa shape index (κ1) is 78.9. The molecule has 0 saturated carbocycles. The Bertz CT molecular complexity index is 3020. The fourth-order valence-corrected chi connectivity index (χ4v) is 9.87. The molecule has 2 aromatic rings. The second kappa shape index (κ2) is 39.9. The number of phenolic OH excluding ortho intramolecular Hbond substituents is 2. The van der Waals surface area contributed by atoms with Crippen molar-refractivity contribution in [2.24, 2.45) is 46.4 Å². The number of phenols is 2. The van der Waals surface area contributed by atoms with Crippen LogP contribution in [0.4, 0.5) is 0 Å². The lowest BCUT2D eigenvalue weighted by Crippen LogP contribution is -2.62. The molecule has 1 heterocycles. The monoisotopic (exact) mass is 1330 g/mol. The maximum absolute atomic E-state index is 14.7. The number of rotatable bonds is 31. The van der Waals surface area contributed by atoms with Crippen molar-refractivity contribution in [3.05, 3.63) is 59.7 Å². The van der Waals surface area contributed by atoms with E-state index in [0.29, 0.717) is 11.1 Å². The summed E-state index contributed by atoms with van der Waals surface area (Å²) in [6.07, 6.45) is -2.74. The van der Waals surface area contributed by atoms with Gasteiger partial charge < -0.3 is 103 Å². The summed E-state index contributed by atoms with van der Waals surface area (Å²) in [5, 5.41) is 65.5. The molecule has 1 aliphatic rings. The highest BCUT2D eigenvalue weighted by Gasteiger charge is 2.38. The van der Waals surface area contributed by atoms with Gasteiger partial charge in [0.1, 0.15) is 65.9 Å². The summed E-state index contributed by atoms with van der Waals surface area (Å²) in [5.41, 5.74) is 28.8. The van der Waals surface area contributed by atoms with E-state index in [1.807, 2.05) is 0 Å². The molecule has 3 rings (SSSR count). The van der Waals surface area contributed by atoms with Gasteiger partial charge in [-0.3, -0.25) is 73.1 Å². The molecule has 0 radical (unpaired) electrons. The van der Waals surface area contributed by atoms with Crippen LogP contribution in [0.25, 0.3) is 0 Å². The van der Waals surface area contributed by atoms with E-state index < -0.39 is 181 Å². The van der Waals surface area contributed by atoms with Crippen LogP contribution in [0.15, 0.2) is 48.5 Å². The fourth-order valence-electron chi connectivity index (χ4n) is 9.87. The molecule has 13 amide bonds. The first-order valence-corrected chi connectivity index (χ1v) is 31.3. The van der Waals surface area contributed by atoms with Crippen LogP contribution in [0.5, 0.6) is 11.5 Å². The average molecular weight is 1330 g/mol. The number of benzene rings is 2. The molecule has 34 heteroatoms. The smallest absolute Gasteiger partial charge is 0.243 e. The van der Waals surface area contributed by atoms with Crippen LogP contribution in [-0.2, 0) is 75.2 Å². The first-order chi connectivity index (χ1) is 44.7. The summed E-state index contributed by atoms with van der Waals surface area (Å²) in [7, 11) is 0. The predicted molar refractivity (Wildman–Crippen MR) is 346 cm³/mol. The van der Waals surface area contributed by atoms with Crippen LogP contribution < -0.4 is 92.5 Å². The fraction of sp³-hybridized carbons (Fsp3) is 0.557. The number of nitrogens with one attached hydrogen (secondary N) is 14. The number of carbonyl (C=O) groups excluding carboxylic acids is 13. The Morgan fingerprint density at radius 3 is 1.56 bits per heavy atom. The van der Waals surface area contributed by atoms with E-state index in [9.17, 15) is 72.5 Å². The summed E-state index contributed by atoms with van der Waals surface area (Å²) in [6, 6.07) is -2.12. The molecule has 1 saturated heterocycles. The quantitative estimate of drug-likeness (QED) is 0.0192. The van der Waals surface area contributed by atoms with Crippen molar-refractivity contribution in [3.63, 3.8) is 0 Å². The Labute approximate surface area is 550 Å². The summed E-state index contributed by atoms with van der Waals surface area (Å²) in [5.74, 6) is -15.0. The second-order valence-electron chi connectivity index (χ2n) is 24.1. The minimum atomic E-state index is -1.84. The second-order valence-corrected chi connectivity index (χ2v) is 24.1. The number of nitrogens with two attached hydrogens (primary N) is 5. The van der Waals surface area contributed by atoms with Crippen molar-refractivity contribution in [1.29, 1.82) is 10.8 Å². The highest BCUT2D eigenvalue weighted by atomic mass is 16.3. The zero-order chi connectivity index (χ0) is 71.1. The maximum atomic E-state index is 14.7. The molecule has 10 atom stereocenters. The third kappa shape index (κ3) is 29.9. The van der Waals surface area contributed by atoms with Crippen molar-refractivity contribution in [2.45, 2.75) is 179 Å². The molecule has 2 aromatic carbocycles. The Kier molecular flexibility index (Phi) is 33.2. The Hall–Kier alpha value is -10.3. The molecule has 34 nitrogen and oxygen atoms in total. The minimum absolute atomic E-state index is 0.0101. The van der Waals surface area contributed by atoms with Gasteiger partial charge in [0.2, 0.25) is 76.8 Å². The van der Waals surface area contributed by atoms with E-state index in [2.05, 4.69) is 63.8 Å². The Morgan fingerprint density at radius 1 is 0.568 bits per heavy atom. The lowest BCUT2D eigenvalue weighted by Gasteiger charge is -2.29. The largest absolute Gasteiger partial charge is 0.508 e. The third-order valence-electron chi connectivity index (χ3n) is 15.0. The normalized spacial score (nSPS) is 19.1. The molecule has 1 aliphatic heterocycles. The highest BCUT2D eigenvalue weighted by Crippen LogP contribution is 2.17. The van der Waals surface area contributed by atoms with E-state index in [0.717, 1.165) is 0 Å². The topological polar surface area (TPSA) is 585 Å². The van der Waals surface area contributed by atoms with E-state index >= 15 is 0 Å². The third-order valence-corrected chi connectivity index (χ3v) is 15.0. The lowest BCUT2D eigenvalue weighted by atomic mass is 9.98. The van der Waals surface area contributed by atoms with Crippen LogP contribution in [-0.4, -0.2) is 173 Å². The van der Waals surface area contributed by atoms with Gasteiger partial charge in [-0.05, 0) is 111 Å². The van der Waals surface area contributed by atoms with Gasteiger partial charge in [-0.15, -0.1) is 0 Å². The molecule has 524 valence electrons. The first-order valence-electron chi connectivity index (χ1n) is 31.3. The Balaban J connectivity index is 2.07. The van der Waals surface area contributed by atoms with Gasteiger partial charge in [0, 0.05) is 38.4 Å². The predicted octanol–water partition coefficient (Wildman–Crippen LogP) is -4.57. The van der Waals surface area contributed by atoms with Crippen LogP contribution in [0.2, 0.25) is 0 Å². The van der Waals surface area contributed by atoms with Crippen molar-refractivity contribution < 1.29 is 72.5 Å². The molecule has 26 N–H and O–H groups in total. The van der Waals surface area contributed by atoms with Gasteiger partial charge in [0.05, 0.1) is 12.8 Å². The van der Waals surface area contributed by atoms with Crippen molar-refractivity contribution in [1.82, 2.24) is 63.8 Å². The number of hydrogen-bond acceptors (Lipinski definition) is 17. The molecule has 0 spiro atoms. The number of guanidine groups is 2. The summed E-state index contributed by atoms with van der Waals surface area (Å²) in [6.45, 7) is 8.02. The van der Waals surface area contributed by atoms with Crippen LogP contribution in [0.1, 0.15) is 123 Å². The van der Waals surface area contributed by atoms with E-state index in [1.54, 1.807) is 46.8 Å². The molecule has 0 aromatic heterocycles. The summed E-state index contributed by atoms with van der Waals surface area (Å²) < 4.78 is 0. The van der Waals surface area contributed by atoms with E-state index in [-0.39, 0.29) is 101 Å². The summed E-state index contributed by atoms with van der Waals surface area (Å²) in [4.78, 5) is 180. The molecule has 1 unspecified atom stereocenters. The SMILES string of the molecule is CC(C)C[C@@H]1NC(=O)[C@H](CC(N)=O)NC(=O)C(NC(=O)[C@@H](C)Cc2ccc(O)cc2)CCCCNC(=O)C[C@@H](C(=O)N[C@@H](CCCNC(=N)N)C(=O)N[C@@H](CCC(N)=O)C(=O)N[C@@H](CCCNC(=N)N)C(=O)N[C@@H](Cc2ccc(O)cc2)C(N)=O)NC(=O)[C@H](C(C)C)NC1=O. The van der Waals surface area contributed by atoms with Gasteiger partial charge >= 0.3 is 0 Å². The zero-order valence-electron chi connectivity index (χ0n) is 54.2. The van der Waals surface area contributed by atoms with Crippen molar-refractivity contribution in [3.8, 4) is 11.5 Å². The molecule has 0 bridgehead atoms. The highest BCUT2D eigenvalue weighted by molar-refractivity contribution is 6.00. The van der Waals surface area contributed by atoms with Gasteiger partial charge in [-0.1, -0.05) is 58.9 Å². The maximum Gasteiger partial charge on any atom is 0.243 e. The minimum Gasteiger partial charge on any atom is -0.508 e. The van der Waals surface area contributed by atoms with E-state index in [1.165, 1.54) is 36.4 Å². The van der Waals surface area contributed by atoms with Crippen LogP contribution in [0.3, 0.4) is 0 Å². The summed E-state index contributed by atoms with van der Waals surface area (Å²) >= 11 is 0. The molecule has 95 heavy (non-hydrogen) atoms. The Morgan fingerprint density at radius 2 is 1.06 bits per heavy atom. The van der Waals surface area contributed by atoms with E-state index in [4.69, 9.17) is 39.5 Å². The average Bonchev–Trinajstić information content (AvgIpc) is 0.898. The van der Waals surface area contributed by atoms with Gasteiger partial charge in [-0.2, -0.15) is 0 Å². The number of primary amides is 3. The molecular formula is C61H95N19O15. The molecule has 1 fully saturated rings. The molecular weight excluding hydrogens is 1240 g/mol. The zero-order valence-corrected chi connectivity index (χ0v) is 54.2. The number of hydrogen-bond donors (Lipinski definition) is 21. The van der Waals surface area contributed by atoms with Gasteiger partial charge in [0.15, 0.2) is 11.9 Å². The van der Waals surface area contributed by atoms with Gasteiger partial charge in [-0.25, -0.2) is 0 Å². The van der Waals surface area contributed by atoms with Crippen LogP contribution >= 0.6 is 0 Å². The molecule has 0 aliphatic carbocycles. The van der Waals surface area contributed by atoms with Crippen molar-refractivity contribution >= 4 is 88.7 Å². The number of aromatic hydroxyl groups is 2. The standard InChI is InChI=1S/C61H95N19O15/c1-31(2)26-43-58(94)80-49(32(3)4)59(95)79-45(30-48(85)69-23-7-6-10-38(54(90)78-44(29-47(63)84)56(92)77-43)72-51(87)33(5)27-34-13-17-36(81)18-14-34)57(93)74-39(11-8-24-70-60(65)66)52(88)75-41(21-22-46(62)83)55(91)73-40(12-9-25-71-61(67)68)53(89)76-42(50(64)86)28-35-15-19-37(82)20-16-35/h13-20,31-33,38-45,49,81-82H,6-12,21-30H2,1-5H3,(H2,62,83)(H2,63,84)(H2,64,86)(H,69,85)(H,72,87)(H,73,91)(H,74,93)(H,75,88)(H,76,89)(H,77,92)(H,78,90)(H,79,95)(H,80,94)(H4,65,66,70)(H4,67,68,71)/t33-,38?,39-,40-,41-,42-,43-,44-,45-,49-/m0/s1. The lowest BCUT2D eigenvalue weighted by molar-refractivity contribution is -0.137. The van der Waals surface area contributed by atoms with Crippen molar-refractivity contribution in [2.75, 3.05) is 19.6 Å². The van der Waals surface area contributed by atoms with Gasteiger partial charge in [0.25, 0.3) is 0 Å². The number of carbonyl (C=O) groups is 13.